The zero-order valence-electron chi connectivity index (χ0n) is 21.9. The summed E-state index contributed by atoms with van der Waals surface area (Å²) in [4.78, 5) is 4.59. The molecule has 0 amide bonds. The summed E-state index contributed by atoms with van der Waals surface area (Å²) < 4.78 is 54.9. The Morgan fingerprint density at radius 1 is 0.926 bits per heavy atom. The molecule has 2 aromatic heterocycles. The van der Waals surface area contributed by atoms with E-state index >= 15 is 0 Å². The number of rotatable bonds is 0. The van der Waals surface area contributed by atoms with E-state index in [1.54, 1.807) is 0 Å². The Morgan fingerprint density at radius 2 is 1.74 bits per heavy atom. The van der Waals surface area contributed by atoms with Crippen molar-refractivity contribution in [3.63, 3.8) is 0 Å². The van der Waals surface area contributed by atoms with Crippen LogP contribution in [0, 0.1) is 13.7 Å². The number of aromatic nitrogens is 1. The maximum absolute atomic E-state index is 8.28. The molecule has 1 aliphatic carbocycles. The Hall–Kier alpha value is -2.61. The second-order valence-electron chi connectivity index (χ2n) is 8.51. The van der Waals surface area contributed by atoms with Gasteiger partial charge in [-0.15, -0.1) is 0 Å². The van der Waals surface area contributed by atoms with Crippen LogP contribution in [-0.2, 0) is 10.8 Å². The predicted octanol–water partition coefficient (Wildman–Crippen LogP) is 6.83. The number of benzene rings is 2. The van der Waals surface area contributed by atoms with E-state index in [0.717, 1.165) is 33.1 Å². The van der Waals surface area contributed by atoms with Gasteiger partial charge in [-0.05, 0) is 59.6 Å². The molecule has 2 heterocycles. The Bertz CT molecular complexity index is 1440. The Balaban J connectivity index is 1.97. The van der Waals surface area contributed by atoms with E-state index in [1.165, 1.54) is 6.20 Å². The van der Waals surface area contributed by atoms with E-state index in [-0.39, 0.29) is 11.1 Å². The third kappa shape index (κ3) is 1.93. The van der Waals surface area contributed by atoms with Gasteiger partial charge in [-0.25, -0.2) is 0 Å². The van der Waals surface area contributed by atoms with Gasteiger partial charge in [0.15, 0.2) is 0 Å². The fourth-order valence-corrected chi connectivity index (χ4v) is 4.46. The summed E-state index contributed by atoms with van der Waals surface area (Å²) in [5.74, 6) is 0. The van der Waals surface area contributed by atoms with Crippen LogP contribution in [0.4, 0.5) is 0 Å². The van der Waals surface area contributed by atoms with Gasteiger partial charge in [0, 0.05) is 36.2 Å². The van der Waals surface area contributed by atoms with Crippen molar-refractivity contribution >= 4 is 21.9 Å². The molecule has 0 bridgehead atoms. The molecule has 5 rings (SSSR count). The molecule has 136 valence electrons. The molecular formula is C25H25NO. The summed E-state index contributed by atoms with van der Waals surface area (Å²) >= 11 is 0. The van der Waals surface area contributed by atoms with Crippen LogP contribution in [0.25, 0.3) is 33.2 Å². The van der Waals surface area contributed by atoms with Crippen molar-refractivity contribution in [2.24, 2.45) is 0 Å². The van der Waals surface area contributed by atoms with Crippen molar-refractivity contribution in [1.82, 2.24) is 4.98 Å². The zero-order chi connectivity index (χ0) is 24.1. The molecule has 27 heavy (non-hydrogen) atoms. The summed E-state index contributed by atoms with van der Waals surface area (Å²) in [6.45, 7) is 2.88. The number of para-hydroxylation sites is 1. The molecule has 0 aliphatic heterocycles. The average Bonchev–Trinajstić information content (AvgIpc) is 3.07. The van der Waals surface area contributed by atoms with Gasteiger partial charge in [-0.2, -0.15) is 0 Å². The highest BCUT2D eigenvalue weighted by atomic mass is 16.3. The van der Waals surface area contributed by atoms with Gasteiger partial charge < -0.3 is 4.42 Å². The monoisotopic (exact) mass is 361 g/mol. The van der Waals surface area contributed by atoms with Gasteiger partial charge in [-0.1, -0.05) is 45.9 Å². The number of pyridine rings is 1. The maximum Gasteiger partial charge on any atom is 0.135 e. The second kappa shape index (κ2) is 5.01. The van der Waals surface area contributed by atoms with E-state index in [1.807, 2.05) is 50.2 Å². The highest BCUT2D eigenvalue weighted by molar-refractivity contribution is 6.07. The minimum Gasteiger partial charge on any atom is -0.456 e. The first-order valence-corrected chi connectivity index (χ1v) is 9.16. The van der Waals surface area contributed by atoms with Gasteiger partial charge in [-0.3, -0.25) is 4.98 Å². The lowest BCUT2D eigenvalue weighted by atomic mass is 9.55. The molecule has 1 aliphatic rings. The summed E-state index contributed by atoms with van der Waals surface area (Å²) in [5.41, 5.74) is 2.81. The third-order valence-corrected chi connectivity index (χ3v) is 6.71. The van der Waals surface area contributed by atoms with Crippen LogP contribution in [0.3, 0.4) is 0 Å². The molecule has 2 aromatic carbocycles. The molecule has 0 saturated carbocycles. The molecule has 2 heteroatoms. The Morgan fingerprint density at radius 3 is 2.52 bits per heavy atom. The van der Waals surface area contributed by atoms with Crippen LogP contribution >= 0.6 is 0 Å². The fourth-order valence-electron chi connectivity index (χ4n) is 4.46. The molecule has 0 radical (unpaired) electrons. The summed E-state index contributed by atoms with van der Waals surface area (Å²) in [7, 11) is 0. The van der Waals surface area contributed by atoms with Crippen LogP contribution in [-0.4, -0.2) is 4.98 Å². The van der Waals surface area contributed by atoms with Crippen LogP contribution in [0.2, 0.25) is 0 Å². The molecule has 0 saturated heterocycles. The number of nitrogens with zero attached hydrogens (tertiary/aromatic N) is 1. The first-order chi connectivity index (χ1) is 15.2. The summed E-state index contributed by atoms with van der Waals surface area (Å²) in [5, 5.41) is 1.89. The van der Waals surface area contributed by atoms with Gasteiger partial charge in [0.2, 0.25) is 0 Å². The summed E-state index contributed by atoms with van der Waals surface area (Å²) in [6.07, 6.45) is 1.23. The minimum atomic E-state index is -2.60. The number of aryl methyl sites for hydroxylation is 1. The quantitative estimate of drug-likeness (QED) is 0.343. The molecule has 4 aromatic rings. The topological polar surface area (TPSA) is 26.0 Å². The van der Waals surface area contributed by atoms with Crippen molar-refractivity contribution in [3.8, 4) is 11.3 Å². The van der Waals surface area contributed by atoms with Crippen LogP contribution in [0.5, 0.6) is 0 Å². The lowest BCUT2D eigenvalue weighted by molar-refractivity contribution is 0.296. The third-order valence-electron chi connectivity index (χ3n) is 6.71. The molecule has 0 unspecified atom stereocenters. The van der Waals surface area contributed by atoms with E-state index in [4.69, 9.17) is 12.6 Å². The molecule has 0 spiro atoms. The SMILES string of the molecule is [2H]C([2H])([2H])c1cnc2c(c1C([2H])([2H])[2H])C(C)(C)C(C)(C)c1cc3oc4ccccc4c3cc1-2. The maximum atomic E-state index is 8.28. The average molecular weight is 362 g/mol. The lowest BCUT2D eigenvalue weighted by Crippen LogP contribution is -2.44. The lowest BCUT2D eigenvalue weighted by Gasteiger charge is -2.48. The van der Waals surface area contributed by atoms with Crippen LogP contribution < -0.4 is 0 Å². The number of fused-ring (bicyclic) bond motifs is 6. The van der Waals surface area contributed by atoms with Crippen molar-refractivity contribution in [2.75, 3.05) is 0 Å². The van der Waals surface area contributed by atoms with E-state index < -0.39 is 24.5 Å². The Kier molecular flexibility index (Phi) is 2.09. The highest BCUT2D eigenvalue weighted by Crippen LogP contribution is 2.55. The van der Waals surface area contributed by atoms with E-state index in [2.05, 4.69) is 18.8 Å². The smallest absolute Gasteiger partial charge is 0.135 e. The van der Waals surface area contributed by atoms with Gasteiger partial charge in [0.05, 0.1) is 5.69 Å². The highest BCUT2D eigenvalue weighted by Gasteiger charge is 2.47. The van der Waals surface area contributed by atoms with Gasteiger partial charge in [0.25, 0.3) is 0 Å². The number of furan rings is 1. The standard InChI is InChI=1S/C25H25NO/c1-14-13-26-23-18-11-17-16-9-7-8-10-20(16)27-21(17)12-19(18)24(3,4)25(5,6)22(23)15(14)2/h7-13H,1-6H3/i1D3,2D3. The molecule has 0 N–H and O–H groups in total. The van der Waals surface area contributed by atoms with Crippen molar-refractivity contribution in [1.29, 1.82) is 0 Å². The van der Waals surface area contributed by atoms with Crippen molar-refractivity contribution in [3.05, 3.63) is 64.8 Å². The van der Waals surface area contributed by atoms with Crippen molar-refractivity contribution < 1.29 is 12.6 Å². The summed E-state index contributed by atoms with van der Waals surface area (Å²) in [6, 6.07) is 11.8. The van der Waals surface area contributed by atoms with Gasteiger partial charge in [0.1, 0.15) is 11.2 Å². The van der Waals surface area contributed by atoms with Crippen LogP contribution in [0.1, 0.15) is 58.2 Å². The normalized spacial score (nSPS) is 21.3. The van der Waals surface area contributed by atoms with Crippen molar-refractivity contribution in [2.45, 2.75) is 52.2 Å². The number of hydrogen-bond acceptors (Lipinski definition) is 2. The first-order valence-electron chi connectivity index (χ1n) is 12.2. The number of hydrogen-bond donors (Lipinski definition) is 0. The second-order valence-corrected chi connectivity index (χ2v) is 8.51. The zero-order valence-corrected chi connectivity index (χ0v) is 15.9. The molecule has 2 nitrogen and oxygen atoms in total. The van der Waals surface area contributed by atoms with E-state index in [0.29, 0.717) is 11.3 Å². The fraction of sp³-hybridized carbons (Fsp3) is 0.320. The van der Waals surface area contributed by atoms with Crippen LogP contribution in [0.15, 0.2) is 47.0 Å². The molecule has 0 atom stereocenters. The Labute approximate surface area is 168 Å². The first kappa shape index (κ1) is 11.3. The predicted molar refractivity (Wildman–Crippen MR) is 112 cm³/mol. The molecular weight excluding hydrogens is 330 g/mol. The minimum absolute atomic E-state index is 0.103. The van der Waals surface area contributed by atoms with E-state index in [9.17, 15) is 0 Å². The largest absolute Gasteiger partial charge is 0.456 e. The van der Waals surface area contributed by atoms with Gasteiger partial charge >= 0.3 is 0 Å². The molecule has 0 fully saturated rings.